The Bertz CT molecular complexity index is 457. The van der Waals surface area contributed by atoms with Crippen molar-refractivity contribution in [3.05, 3.63) is 27.3 Å². The zero-order valence-corrected chi connectivity index (χ0v) is 14.3. The van der Waals surface area contributed by atoms with Crippen LogP contribution in [0.5, 0.6) is 5.75 Å². The Kier molecular flexibility index (Phi) is 6.54. The predicted octanol–water partition coefficient (Wildman–Crippen LogP) is 3.30. The van der Waals surface area contributed by atoms with E-state index in [9.17, 15) is 4.79 Å². The highest BCUT2D eigenvalue weighted by molar-refractivity contribution is 14.1. The molecule has 1 rings (SSSR count). The van der Waals surface area contributed by atoms with Gasteiger partial charge in [0.15, 0.2) is 6.79 Å². The maximum Gasteiger partial charge on any atom is 0.407 e. The SMILES string of the molecule is COCOc1cc(CNC(=O)OC(C)(C)C)ccc1I. The highest BCUT2D eigenvalue weighted by atomic mass is 127. The van der Waals surface area contributed by atoms with Gasteiger partial charge in [0.2, 0.25) is 0 Å². The molecule has 0 aromatic heterocycles. The van der Waals surface area contributed by atoms with E-state index < -0.39 is 11.7 Å². The molecule has 1 aromatic carbocycles. The van der Waals surface area contributed by atoms with Gasteiger partial charge in [-0.2, -0.15) is 0 Å². The van der Waals surface area contributed by atoms with Gasteiger partial charge in [-0.25, -0.2) is 4.79 Å². The monoisotopic (exact) mass is 393 g/mol. The molecule has 0 aliphatic heterocycles. The molecular weight excluding hydrogens is 373 g/mol. The molecule has 20 heavy (non-hydrogen) atoms. The van der Waals surface area contributed by atoms with Gasteiger partial charge in [-0.3, -0.25) is 0 Å². The summed E-state index contributed by atoms with van der Waals surface area (Å²) in [5.74, 6) is 0.732. The van der Waals surface area contributed by atoms with E-state index in [2.05, 4.69) is 27.9 Å². The Morgan fingerprint density at radius 2 is 2.05 bits per heavy atom. The third-order valence-electron chi connectivity index (χ3n) is 2.16. The molecule has 0 fully saturated rings. The Labute approximate surface area is 133 Å². The lowest BCUT2D eigenvalue weighted by Gasteiger charge is -2.19. The summed E-state index contributed by atoms with van der Waals surface area (Å²) in [5, 5.41) is 2.71. The molecule has 0 unspecified atom stereocenters. The van der Waals surface area contributed by atoms with E-state index in [1.165, 1.54) is 0 Å². The average molecular weight is 393 g/mol. The third-order valence-corrected chi connectivity index (χ3v) is 3.05. The number of halogens is 1. The summed E-state index contributed by atoms with van der Waals surface area (Å²) >= 11 is 2.18. The van der Waals surface area contributed by atoms with Gasteiger partial charge < -0.3 is 19.5 Å². The molecule has 6 heteroatoms. The highest BCUT2D eigenvalue weighted by Crippen LogP contribution is 2.22. The fraction of sp³-hybridized carbons (Fsp3) is 0.500. The number of rotatable bonds is 5. The Balaban J connectivity index is 2.58. The quantitative estimate of drug-likeness (QED) is 0.616. The van der Waals surface area contributed by atoms with E-state index in [-0.39, 0.29) is 6.79 Å². The third kappa shape index (κ3) is 6.42. The van der Waals surface area contributed by atoms with Gasteiger partial charge in [-0.05, 0) is 61.1 Å². The zero-order chi connectivity index (χ0) is 15.2. The van der Waals surface area contributed by atoms with E-state index in [0.29, 0.717) is 6.54 Å². The maximum absolute atomic E-state index is 11.6. The number of alkyl carbamates (subject to hydrolysis) is 1. The molecule has 0 saturated heterocycles. The highest BCUT2D eigenvalue weighted by Gasteiger charge is 2.15. The second kappa shape index (κ2) is 7.68. The predicted molar refractivity (Wildman–Crippen MR) is 84.7 cm³/mol. The van der Waals surface area contributed by atoms with Crippen LogP contribution in [0.4, 0.5) is 4.79 Å². The zero-order valence-electron chi connectivity index (χ0n) is 12.2. The molecule has 0 heterocycles. The number of carbonyl (C=O) groups is 1. The number of methoxy groups -OCH3 is 1. The van der Waals surface area contributed by atoms with Crippen molar-refractivity contribution in [1.82, 2.24) is 5.32 Å². The fourth-order valence-corrected chi connectivity index (χ4v) is 1.87. The van der Waals surface area contributed by atoms with Crippen LogP contribution in [0.3, 0.4) is 0 Å². The summed E-state index contributed by atoms with van der Waals surface area (Å²) < 4.78 is 16.5. The Hall–Kier alpha value is -1.02. The number of amides is 1. The summed E-state index contributed by atoms with van der Waals surface area (Å²) in [6.07, 6.45) is -0.435. The molecule has 0 bridgehead atoms. The van der Waals surface area contributed by atoms with Crippen LogP contribution in [0.15, 0.2) is 18.2 Å². The first-order chi connectivity index (χ1) is 9.31. The molecule has 112 valence electrons. The molecule has 0 saturated carbocycles. The molecule has 0 spiro atoms. The largest absolute Gasteiger partial charge is 0.466 e. The molecule has 0 radical (unpaired) electrons. The normalized spacial score (nSPS) is 11.1. The van der Waals surface area contributed by atoms with Crippen LogP contribution in [-0.4, -0.2) is 25.6 Å². The number of nitrogens with one attached hydrogen (secondary N) is 1. The summed E-state index contributed by atoms with van der Waals surface area (Å²) in [6.45, 7) is 6.06. The number of ether oxygens (including phenoxy) is 3. The van der Waals surface area contributed by atoms with Crippen molar-refractivity contribution in [3.8, 4) is 5.75 Å². The number of carbonyl (C=O) groups excluding carboxylic acids is 1. The molecule has 5 nitrogen and oxygen atoms in total. The minimum Gasteiger partial charge on any atom is -0.466 e. The van der Waals surface area contributed by atoms with Crippen LogP contribution in [0, 0.1) is 3.57 Å². The lowest BCUT2D eigenvalue weighted by molar-refractivity contribution is 0.0499. The first kappa shape index (κ1) is 17.0. The standard InChI is InChI=1S/C14H20INO4/c1-14(2,3)20-13(17)16-8-10-5-6-11(15)12(7-10)19-9-18-4/h5-7H,8-9H2,1-4H3,(H,16,17). The Morgan fingerprint density at radius 1 is 1.35 bits per heavy atom. The minimum absolute atomic E-state index is 0.193. The molecule has 1 aromatic rings. The molecule has 1 amide bonds. The fourth-order valence-electron chi connectivity index (χ4n) is 1.38. The second-order valence-corrected chi connectivity index (χ2v) is 6.33. The maximum atomic E-state index is 11.6. The summed E-state index contributed by atoms with van der Waals surface area (Å²) in [6, 6.07) is 5.73. The molecule has 0 aliphatic rings. The number of hydrogen-bond acceptors (Lipinski definition) is 4. The average Bonchev–Trinajstić information content (AvgIpc) is 2.34. The van der Waals surface area contributed by atoms with Gasteiger partial charge in [0, 0.05) is 13.7 Å². The topological polar surface area (TPSA) is 56.8 Å². The summed E-state index contributed by atoms with van der Waals surface area (Å²) in [7, 11) is 1.57. The van der Waals surface area contributed by atoms with E-state index in [0.717, 1.165) is 14.9 Å². The van der Waals surface area contributed by atoms with Crippen molar-refractivity contribution in [2.75, 3.05) is 13.9 Å². The minimum atomic E-state index is -0.497. The van der Waals surface area contributed by atoms with Crippen molar-refractivity contribution < 1.29 is 19.0 Å². The van der Waals surface area contributed by atoms with Crippen LogP contribution in [0.25, 0.3) is 0 Å². The van der Waals surface area contributed by atoms with E-state index in [1.54, 1.807) is 7.11 Å². The van der Waals surface area contributed by atoms with Crippen molar-refractivity contribution in [1.29, 1.82) is 0 Å². The van der Waals surface area contributed by atoms with Crippen LogP contribution < -0.4 is 10.1 Å². The van der Waals surface area contributed by atoms with Crippen LogP contribution in [-0.2, 0) is 16.0 Å². The van der Waals surface area contributed by atoms with E-state index >= 15 is 0 Å². The van der Waals surface area contributed by atoms with Crippen LogP contribution >= 0.6 is 22.6 Å². The second-order valence-electron chi connectivity index (χ2n) is 5.17. The first-order valence-corrected chi connectivity index (χ1v) is 7.26. The van der Waals surface area contributed by atoms with E-state index in [1.807, 2.05) is 39.0 Å². The lowest BCUT2D eigenvalue weighted by atomic mass is 10.2. The van der Waals surface area contributed by atoms with Crippen molar-refractivity contribution in [2.24, 2.45) is 0 Å². The van der Waals surface area contributed by atoms with Crippen molar-refractivity contribution in [3.63, 3.8) is 0 Å². The number of hydrogen-bond donors (Lipinski definition) is 1. The smallest absolute Gasteiger partial charge is 0.407 e. The van der Waals surface area contributed by atoms with Gasteiger partial charge in [0.25, 0.3) is 0 Å². The summed E-state index contributed by atoms with van der Waals surface area (Å²) in [5.41, 5.74) is 0.436. The van der Waals surface area contributed by atoms with Crippen LogP contribution in [0.1, 0.15) is 26.3 Å². The van der Waals surface area contributed by atoms with Gasteiger partial charge in [0.1, 0.15) is 11.4 Å². The molecule has 1 N–H and O–H groups in total. The van der Waals surface area contributed by atoms with E-state index in [4.69, 9.17) is 14.2 Å². The molecular formula is C14H20INO4. The number of benzene rings is 1. The Morgan fingerprint density at radius 3 is 2.65 bits per heavy atom. The summed E-state index contributed by atoms with van der Waals surface area (Å²) in [4.78, 5) is 11.6. The molecule has 0 aliphatic carbocycles. The van der Waals surface area contributed by atoms with Gasteiger partial charge in [0.05, 0.1) is 3.57 Å². The van der Waals surface area contributed by atoms with Crippen molar-refractivity contribution >= 4 is 28.7 Å². The van der Waals surface area contributed by atoms with Gasteiger partial charge in [-0.1, -0.05) is 6.07 Å². The lowest BCUT2D eigenvalue weighted by Crippen LogP contribution is -2.32. The van der Waals surface area contributed by atoms with Gasteiger partial charge in [-0.15, -0.1) is 0 Å². The first-order valence-electron chi connectivity index (χ1n) is 6.19. The van der Waals surface area contributed by atoms with Crippen LogP contribution in [0.2, 0.25) is 0 Å². The molecule has 0 atom stereocenters. The van der Waals surface area contributed by atoms with Crippen molar-refractivity contribution in [2.45, 2.75) is 32.9 Å². The van der Waals surface area contributed by atoms with Gasteiger partial charge >= 0.3 is 6.09 Å².